The van der Waals surface area contributed by atoms with Crippen molar-refractivity contribution in [2.24, 2.45) is 0 Å². The molecule has 0 spiro atoms. The highest BCUT2D eigenvalue weighted by molar-refractivity contribution is 5.94. The molecule has 0 fully saturated rings. The van der Waals surface area contributed by atoms with Crippen LogP contribution in [0.5, 0.6) is 0 Å². The van der Waals surface area contributed by atoms with E-state index in [0.29, 0.717) is 34.4 Å². The zero-order valence-electron chi connectivity index (χ0n) is 14.1. The molecule has 4 nitrogen and oxygen atoms in total. The van der Waals surface area contributed by atoms with Crippen LogP contribution in [-0.2, 0) is 17.8 Å². The standard InChI is InChI=1S/C20H19FN2O2/c1-12-3-5-14(6-4-12)11-22-20-16(10-19(24)25)13(2)23-18-8-7-15(21)9-17(18)20/h3-9H,10-11H2,1-2H3,(H,22,23)(H,24,25). The number of aliphatic carboxylic acids is 1. The summed E-state index contributed by atoms with van der Waals surface area (Å²) in [5, 5.41) is 13.1. The smallest absolute Gasteiger partial charge is 0.307 e. The van der Waals surface area contributed by atoms with Gasteiger partial charge in [-0.25, -0.2) is 4.39 Å². The fraction of sp³-hybridized carbons (Fsp3) is 0.200. The second-order valence-electron chi connectivity index (χ2n) is 6.12. The molecular weight excluding hydrogens is 319 g/mol. The van der Waals surface area contributed by atoms with Crippen molar-refractivity contribution in [1.82, 2.24) is 4.98 Å². The molecule has 0 unspecified atom stereocenters. The molecule has 2 N–H and O–H groups in total. The maximum Gasteiger partial charge on any atom is 0.307 e. The highest BCUT2D eigenvalue weighted by atomic mass is 19.1. The number of fused-ring (bicyclic) bond motifs is 1. The molecule has 2 aromatic carbocycles. The van der Waals surface area contributed by atoms with Crippen LogP contribution in [0.3, 0.4) is 0 Å². The summed E-state index contributed by atoms with van der Waals surface area (Å²) in [5.41, 5.74) is 4.71. The van der Waals surface area contributed by atoms with Crippen LogP contribution in [0.2, 0.25) is 0 Å². The third-order valence-electron chi connectivity index (χ3n) is 4.17. The second-order valence-corrected chi connectivity index (χ2v) is 6.12. The summed E-state index contributed by atoms with van der Waals surface area (Å²) in [6.07, 6.45) is -0.165. The number of halogens is 1. The Labute approximate surface area is 145 Å². The molecule has 0 amide bonds. The number of anilines is 1. The molecule has 0 aliphatic carbocycles. The minimum absolute atomic E-state index is 0.165. The SMILES string of the molecule is Cc1ccc(CNc2c(CC(=O)O)c(C)nc3ccc(F)cc23)cc1. The Hall–Kier alpha value is -2.95. The van der Waals surface area contributed by atoms with Gasteiger partial charge in [0.15, 0.2) is 0 Å². The van der Waals surface area contributed by atoms with Crippen LogP contribution in [0.15, 0.2) is 42.5 Å². The van der Waals surface area contributed by atoms with Crippen molar-refractivity contribution in [2.45, 2.75) is 26.8 Å². The van der Waals surface area contributed by atoms with E-state index in [2.05, 4.69) is 10.3 Å². The van der Waals surface area contributed by atoms with E-state index in [1.165, 1.54) is 17.7 Å². The Morgan fingerprint density at radius 2 is 1.88 bits per heavy atom. The summed E-state index contributed by atoms with van der Waals surface area (Å²) >= 11 is 0. The van der Waals surface area contributed by atoms with Crippen LogP contribution >= 0.6 is 0 Å². The minimum Gasteiger partial charge on any atom is -0.481 e. The van der Waals surface area contributed by atoms with Crippen molar-refractivity contribution in [2.75, 3.05) is 5.32 Å². The topological polar surface area (TPSA) is 62.2 Å². The van der Waals surface area contributed by atoms with Gasteiger partial charge in [0.2, 0.25) is 0 Å². The Kier molecular flexibility index (Phi) is 4.65. The van der Waals surface area contributed by atoms with Crippen LogP contribution in [0.25, 0.3) is 10.9 Å². The molecule has 0 saturated heterocycles. The Bertz CT molecular complexity index is 937. The molecule has 0 saturated carbocycles. The predicted molar refractivity (Wildman–Crippen MR) is 96.3 cm³/mol. The molecular formula is C20H19FN2O2. The number of aryl methyl sites for hydroxylation is 2. The van der Waals surface area contributed by atoms with Crippen LogP contribution < -0.4 is 5.32 Å². The largest absolute Gasteiger partial charge is 0.481 e. The number of rotatable bonds is 5. The monoisotopic (exact) mass is 338 g/mol. The van der Waals surface area contributed by atoms with E-state index in [9.17, 15) is 14.3 Å². The molecule has 0 aliphatic heterocycles. The van der Waals surface area contributed by atoms with E-state index >= 15 is 0 Å². The maximum absolute atomic E-state index is 13.7. The fourth-order valence-electron chi connectivity index (χ4n) is 2.86. The molecule has 0 atom stereocenters. The van der Waals surface area contributed by atoms with Gasteiger partial charge in [-0.15, -0.1) is 0 Å². The van der Waals surface area contributed by atoms with Crippen LogP contribution in [0.4, 0.5) is 10.1 Å². The van der Waals surface area contributed by atoms with Crippen molar-refractivity contribution in [3.05, 3.63) is 70.7 Å². The molecule has 5 heteroatoms. The molecule has 0 aliphatic rings. The highest BCUT2D eigenvalue weighted by Crippen LogP contribution is 2.30. The average molecular weight is 338 g/mol. The van der Waals surface area contributed by atoms with E-state index in [1.807, 2.05) is 31.2 Å². The summed E-state index contributed by atoms with van der Waals surface area (Å²) in [6, 6.07) is 12.4. The lowest BCUT2D eigenvalue weighted by molar-refractivity contribution is -0.136. The van der Waals surface area contributed by atoms with Gasteiger partial charge in [-0.1, -0.05) is 29.8 Å². The van der Waals surface area contributed by atoms with E-state index in [4.69, 9.17) is 0 Å². The van der Waals surface area contributed by atoms with E-state index in [0.717, 1.165) is 5.56 Å². The van der Waals surface area contributed by atoms with Crippen molar-refractivity contribution < 1.29 is 14.3 Å². The number of carbonyl (C=O) groups is 1. The Morgan fingerprint density at radius 3 is 2.56 bits per heavy atom. The molecule has 0 radical (unpaired) electrons. The van der Waals surface area contributed by atoms with Gasteiger partial charge in [0.1, 0.15) is 5.82 Å². The van der Waals surface area contributed by atoms with Gasteiger partial charge >= 0.3 is 5.97 Å². The highest BCUT2D eigenvalue weighted by Gasteiger charge is 2.16. The normalized spacial score (nSPS) is 10.8. The number of carboxylic acid groups (broad SMARTS) is 1. The lowest BCUT2D eigenvalue weighted by Crippen LogP contribution is -2.10. The van der Waals surface area contributed by atoms with Gasteiger partial charge in [0.05, 0.1) is 11.9 Å². The van der Waals surface area contributed by atoms with Gasteiger partial charge in [-0.3, -0.25) is 9.78 Å². The number of nitrogens with one attached hydrogen (secondary N) is 1. The molecule has 1 aromatic heterocycles. The predicted octanol–water partition coefficient (Wildman–Crippen LogP) is 4.23. The van der Waals surface area contributed by atoms with Crippen molar-refractivity contribution in [1.29, 1.82) is 0 Å². The molecule has 128 valence electrons. The zero-order valence-corrected chi connectivity index (χ0v) is 14.1. The van der Waals surface area contributed by atoms with Gasteiger partial charge in [-0.05, 0) is 37.6 Å². The van der Waals surface area contributed by atoms with Crippen molar-refractivity contribution in [3.63, 3.8) is 0 Å². The lowest BCUT2D eigenvalue weighted by atomic mass is 10.0. The summed E-state index contributed by atoms with van der Waals surface area (Å²) < 4.78 is 13.7. The maximum atomic E-state index is 13.7. The molecule has 1 heterocycles. The first-order valence-corrected chi connectivity index (χ1v) is 8.04. The van der Waals surface area contributed by atoms with Gasteiger partial charge in [-0.2, -0.15) is 0 Å². The number of benzene rings is 2. The first-order valence-electron chi connectivity index (χ1n) is 8.04. The van der Waals surface area contributed by atoms with E-state index < -0.39 is 5.97 Å². The number of aromatic nitrogens is 1. The summed E-state index contributed by atoms with van der Waals surface area (Å²) in [5.74, 6) is -1.32. The number of nitrogens with zero attached hydrogens (tertiary/aromatic N) is 1. The zero-order chi connectivity index (χ0) is 18.0. The number of hydrogen-bond acceptors (Lipinski definition) is 3. The van der Waals surface area contributed by atoms with E-state index in [1.54, 1.807) is 13.0 Å². The third-order valence-corrected chi connectivity index (χ3v) is 4.17. The van der Waals surface area contributed by atoms with E-state index in [-0.39, 0.29) is 12.2 Å². The summed E-state index contributed by atoms with van der Waals surface area (Å²) in [6.45, 7) is 4.31. The van der Waals surface area contributed by atoms with Gasteiger partial charge in [0, 0.05) is 28.9 Å². The lowest BCUT2D eigenvalue weighted by Gasteiger charge is -2.16. The van der Waals surface area contributed by atoms with Crippen molar-refractivity contribution in [3.8, 4) is 0 Å². The Morgan fingerprint density at radius 1 is 1.16 bits per heavy atom. The first-order chi connectivity index (χ1) is 11.9. The van der Waals surface area contributed by atoms with Crippen molar-refractivity contribution >= 4 is 22.6 Å². The number of carboxylic acids is 1. The molecule has 3 rings (SSSR count). The number of hydrogen-bond donors (Lipinski definition) is 2. The fourth-order valence-corrected chi connectivity index (χ4v) is 2.86. The number of pyridine rings is 1. The third kappa shape index (κ3) is 3.76. The first kappa shape index (κ1) is 16.9. The minimum atomic E-state index is -0.945. The van der Waals surface area contributed by atoms with Crippen LogP contribution in [-0.4, -0.2) is 16.1 Å². The molecule has 0 bridgehead atoms. The molecule has 3 aromatic rings. The van der Waals surface area contributed by atoms with Gasteiger partial charge < -0.3 is 10.4 Å². The van der Waals surface area contributed by atoms with Gasteiger partial charge in [0.25, 0.3) is 0 Å². The van der Waals surface area contributed by atoms with Crippen LogP contribution in [0.1, 0.15) is 22.4 Å². The summed E-state index contributed by atoms with van der Waals surface area (Å²) in [7, 11) is 0. The quantitative estimate of drug-likeness (QED) is 0.731. The molecule has 25 heavy (non-hydrogen) atoms. The second kappa shape index (κ2) is 6.89. The average Bonchev–Trinajstić information content (AvgIpc) is 2.56. The Balaban J connectivity index is 2.06. The van der Waals surface area contributed by atoms with Crippen LogP contribution in [0, 0.1) is 19.7 Å². The summed E-state index contributed by atoms with van der Waals surface area (Å²) in [4.78, 5) is 15.7.